The van der Waals surface area contributed by atoms with E-state index in [4.69, 9.17) is 0 Å². The summed E-state index contributed by atoms with van der Waals surface area (Å²) in [5.74, 6) is 0.358. The highest BCUT2D eigenvalue weighted by molar-refractivity contribution is 5.87. The van der Waals surface area contributed by atoms with Crippen LogP contribution in [0, 0.1) is 0 Å². The molecule has 3 aromatic heterocycles. The molecular formula is C27H30N8O2. The first-order valence-electron chi connectivity index (χ1n) is 12.4. The molecule has 5 rings (SSSR count). The molecule has 0 saturated carbocycles. The first-order chi connectivity index (χ1) is 18.1. The van der Waals surface area contributed by atoms with Gasteiger partial charge in [-0.1, -0.05) is 31.7 Å². The van der Waals surface area contributed by atoms with E-state index in [-0.39, 0.29) is 17.5 Å². The third-order valence-electron chi connectivity index (χ3n) is 6.76. The van der Waals surface area contributed by atoms with Gasteiger partial charge in [-0.15, -0.1) is 0 Å². The molecule has 4 heterocycles. The fourth-order valence-corrected chi connectivity index (χ4v) is 4.72. The van der Waals surface area contributed by atoms with Gasteiger partial charge in [-0.3, -0.25) is 19.1 Å². The van der Waals surface area contributed by atoms with Crippen molar-refractivity contribution in [3.05, 3.63) is 84.1 Å². The van der Waals surface area contributed by atoms with Crippen molar-refractivity contribution in [2.45, 2.75) is 25.9 Å². The van der Waals surface area contributed by atoms with E-state index in [0.717, 1.165) is 29.7 Å². The van der Waals surface area contributed by atoms with Gasteiger partial charge in [0.2, 0.25) is 11.9 Å². The van der Waals surface area contributed by atoms with Gasteiger partial charge in [-0.05, 0) is 30.7 Å². The van der Waals surface area contributed by atoms with Crippen molar-refractivity contribution in [1.29, 1.82) is 0 Å². The minimum Gasteiger partial charge on any atom is -0.336 e. The number of carbonyl (C=O) groups excluding carboxylic acids is 1. The number of fused-ring (bicyclic) bond motifs is 1. The molecule has 4 aromatic rings. The second-order valence-electron chi connectivity index (χ2n) is 9.02. The van der Waals surface area contributed by atoms with Gasteiger partial charge in [-0.25, -0.2) is 9.67 Å². The average molecular weight is 499 g/mol. The third kappa shape index (κ3) is 5.29. The highest BCUT2D eigenvalue weighted by Crippen LogP contribution is 2.18. The third-order valence-corrected chi connectivity index (χ3v) is 6.76. The number of carbonyl (C=O) groups is 1. The number of anilines is 2. The van der Waals surface area contributed by atoms with E-state index in [2.05, 4.69) is 38.8 Å². The van der Waals surface area contributed by atoms with Crippen LogP contribution in [0.2, 0.25) is 0 Å². The van der Waals surface area contributed by atoms with Crippen molar-refractivity contribution in [2.75, 3.05) is 31.5 Å². The fourth-order valence-electron chi connectivity index (χ4n) is 4.72. The topological polar surface area (TPSA) is 101 Å². The molecule has 0 radical (unpaired) electrons. The molecule has 37 heavy (non-hydrogen) atoms. The van der Waals surface area contributed by atoms with E-state index in [1.165, 1.54) is 6.08 Å². The zero-order valence-electron chi connectivity index (χ0n) is 20.8. The number of aromatic nitrogens is 5. The molecule has 1 fully saturated rings. The molecule has 1 saturated heterocycles. The molecule has 1 atom stereocenters. The Morgan fingerprint density at radius 3 is 2.76 bits per heavy atom. The van der Waals surface area contributed by atoms with E-state index < -0.39 is 0 Å². The van der Waals surface area contributed by atoms with Gasteiger partial charge in [0.25, 0.3) is 5.56 Å². The van der Waals surface area contributed by atoms with Crippen molar-refractivity contribution in [3.8, 4) is 5.69 Å². The maximum atomic E-state index is 12.9. The minimum absolute atomic E-state index is 0.0330. The molecular weight excluding hydrogens is 468 g/mol. The summed E-state index contributed by atoms with van der Waals surface area (Å²) in [6.45, 7) is 8.97. The van der Waals surface area contributed by atoms with E-state index >= 15 is 0 Å². The number of hydrogen-bond donors (Lipinski definition) is 1. The fraction of sp³-hybridized carbons (Fsp3) is 0.296. The van der Waals surface area contributed by atoms with Crippen LogP contribution in [-0.2, 0) is 11.3 Å². The summed E-state index contributed by atoms with van der Waals surface area (Å²) in [4.78, 5) is 38.2. The quantitative estimate of drug-likeness (QED) is 0.373. The van der Waals surface area contributed by atoms with Gasteiger partial charge in [0.1, 0.15) is 5.65 Å². The van der Waals surface area contributed by atoms with Crippen molar-refractivity contribution < 1.29 is 4.79 Å². The molecule has 0 aliphatic carbocycles. The highest BCUT2D eigenvalue weighted by atomic mass is 16.2. The van der Waals surface area contributed by atoms with Crippen LogP contribution < -0.4 is 10.9 Å². The van der Waals surface area contributed by atoms with Crippen molar-refractivity contribution in [1.82, 2.24) is 34.1 Å². The number of piperazine rings is 1. The molecule has 1 N–H and O–H groups in total. The number of benzene rings is 1. The molecule has 190 valence electrons. The summed E-state index contributed by atoms with van der Waals surface area (Å²) in [5, 5.41) is 8.39. The van der Waals surface area contributed by atoms with Gasteiger partial charge < -0.3 is 10.2 Å². The maximum Gasteiger partial charge on any atom is 0.252 e. The summed E-state index contributed by atoms with van der Waals surface area (Å²) in [7, 11) is 0. The SMILES string of the molecule is C=CC(=O)N1CCN(CCn2c(=O)ccc3cnc(Nc4cnn(-c5ccccc5)c4)nc32)[C@@H](CC)C1. The second kappa shape index (κ2) is 10.8. The number of para-hydroxylation sites is 1. The highest BCUT2D eigenvalue weighted by Gasteiger charge is 2.27. The lowest BCUT2D eigenvalue weighted by Crippen LogP contribution is -2.55. The standard InChI is InChI=1S/C27H30N8O2/c1-3-22-19-33(24(36)4-2)13-12-32(22)14-15-34-25(37)11-10-20-16-28-27(31-26(20)34)30-21-17-29-35(18-21)23-8-6-5-7-9-23/h4-11,16-18,22H,2-3,12-15,19H2,1H3,(H,28,30,31)/t22-/m0/s1. The molecule has 0 bridgehead atoms. The molecule has 0 unspecified atom stereocenters. The van der Waals surface area contributed by atoms with Crippen LogP contribution in [-0.4, -0.2) is 72.2 Å². The van der Waals surface area contributed by atoms with Crippen molar-refractivity contribution >= 4 is 28.6 Å². The molecule has 0 spiro atoms. The van der Waals surface area contributed by atoms with E-state index in [1.807, 2.05) is 41.4 Å². The summed E-state index contributed by atoms with van der Waals surface area (Å²) in [5.41, 5.74) is 2.16. The number of pyridine rings is 1. The van der Waals surface area contributed by atoms with Crippen molar-refractivity contribution in [2.24, 2.45) is 0 Å². The summed E-state index contributed by atoms with van der Waals surface area (Å²) < 4.78 is 3.47. The second-order valence-corrected chi connectivity index (χ2v) is 9.02. The number of rotatable bonds is 8. The Balaban J connectivity index is 1.34. The summed E-state index contributed by atoms with van der Waals surface area (Å²) >= 11 is 0. The lowest BCUT2D eigenvalue weighted by molar-refractivity contribution is -0.129. The first-order valence-corrected chi connectivity index (χ1v) is 12.4. The van der Waals surface area contributed by atoms with Crippen molar-refractivity contribution in [3.63, 3.8) is 0 Å². The Labute approximate surface area is 214 Å². The van der Waals surface area contributed by atoms with E-state index in [1.54, 1.807) is 33.8 Å². The summed E-state index contributed by atoms with van der Waals surface area (Å²) in [6, 6.07) is 13.4. The monoisotopic (exact) mass is 498 g/mol. The lowest BCUT2D eigenvalue weighted by atomic mass is 10.1. The van der Waals surface area contributed by atoms with Crippen LogP contribution in [0.1, 0.15) is 13.3 Å². The zero-order valence-corrected chi connectivity index (χ0v) is 20.8. The van der Waals surface area contributed by atoms with Gasteiger partial charge >= 0.3 is 0 Å². The molecule has 1 aliphatic heterocycles. The zero-order chi connectivity index (χ0) is 25.8. The van der Waals surface area contributed by atoms with Crippen LogP contribution in [0.4, 0.5) is 11.6 Å². The molecule has 1 amide bonds. The normalized spacial score (nSPS) is 16.1. The lowest BCUT2D eigenvalue weighted by Gasteiger charge is -2.41. The van der Waals surface area contributed by atoms with E-state index in [0.29, 0.717) is 37.8 Å². The maximum absolute atomic E-state index is 12.9. The van der Waals surface area contributed by atoms with Crippen LogP contribution >= 0.6 is 0 Å². The Kier molecular flexibility index (Phi) is 7.09. The van der Waals surface area contributed by atoms with Gasteiger partial charge in [-0.2, -0.15) is 10.1 Å². The Morgan fingerprint density at radius 2 is 1.97 bits per heavy atom. The van der Waals surface area contributed by atoms with Crippen LogP contribution in [0.15, 0.2) is 78.5 Å². The van der Waals surface area contributed by atoms with Crippen LogP contribution in [0.3, 0.4) is 0 Å². The Morgan fingerprint density at radius 1 is 1.14 bits per heavy atom. The molecule has 1 aromatic carbocycles. The summed E-state index contributed by atoms with van der Waals surface area (Å²) in [6.07, 6.45) is 7.58. The number of hydrogen-bond acceptors (Lipinski definition) is 7. The number of nitrogens with one attached hydrogen (secondary N) is 1. The average Bonchev–Trinajstić information content (AvgIpc) is 3.41. The predicted octanol–water partition coefficient (Wildman–Crippen LogP) is 2.83. The van der Waals surface area contributed by atoms with E-state index in [9.17, 15) is 9.59 Å². The van der Waals surface area contributed by atoms with Gasteiger partial charge in [0.15, 0.2) is 0 Å². The minimum atomic E-state index is -0.109. The van der Waals surface area contributed by atoms with Crippen LogP contribution in [0.5, 0.6) is 0 Å². The Bertz CT molecular complexity index is 1460. The molecule has 10 heteroatoms. The van der Waals surface area contributed by atoms with Crippen LogP contribution in [0.25, 0.3) is 16.7 Å². The number of nitrogens with zero attached hydrogens (tertiary/aromatic N) is 7. The van der Waals surface area contributed by atoms with Gasteiger partial charge in [0.05, 0.1) is 23.8 Å². The molecule has 1 aliphatic rings. The smallest absolute Gasteiger partial charge is 0.252 e. The Hall–Kier alpha value is -4.31. The molecule has 10 nitrogen and oxygen atoms in total. The largest absolute Gasteiger partial charge is 0.336 e. The predicted molar refractivity (Wildman–Crippen MR) is 143 cm³/mol. The van der Waals surface area contributed by atoms with Gasteiger partial charge in [0, 0.05) is 56.4 Å². The number of amides is 1. The first kappa shape index (κ1) is 24.4.